The van der Waals surface area contributed by atoms with Crippen LogP contribution in [-0.4, -0.2) is 40.3 Å². The number of aryl methyl sites for hydroxylation is 2. The van der Waals surface area contributed by atoms with Crippen LogP contribution < -0.4 is 10.6 Å². The average molecular weight is 407 g/mol. The Balaban J connectivity index is 2.09. The molecule has 0 aliphatic carbocycles. The minimum absolute atomic E-state index is 0.0893. The molecule has 2 N–H and O–H groups in total. The van der Waals surface area contributed by atoms with Crippen LogP contribution in [0.2, 0.25) is 5.15 Å². The number of imide groups is 1. The molecule has 0 radical (unpaired) electrons. The first-order valence-electron chi connectivity index (χ1n) is 8.81. The number of amides is 3. The number of nitrogens with one attached hydrogen (secondary N) is 2. The van der Waals surface area contributed by atoms with Crippen LogP contribution in [-0.2, 0) is 16.1 Å². The third-order valence-corrected chi connectivity index (χ3v) is 4.33. The van der Waals surface area contributed by atoms with Crippen molar-refractivity contribution >= 4 is 29.5 Å². The summed E-state index contributed by atoms with van der Waals surface area (Å²) < 4.78 is 6.65. The fourth-order valence-corrected chi connectivity index (χ4v) is 2.76. The molecular weight excluding hydrogens is 384 g/mol. The number of esters is 1. The second-order valence-electron chi connectivity index (χ2n) is 6.29. The molecule has 1 aromatic heterocycles. The molecule has 1 aromatic carbocycles. The van der Waals surface area contributed by atoms with E-state index in [1.807, 2.05) is 31.2 Å². The summed E-state index contributed by atoms with van der Waals surface area (Å²) in [5, 5.41) is 8.93. The SMILES string of the molecule is CCNC(=O)NC(=O)C(C)OC(=O)c1c(C)nn(Cc2ccc(C)cc2)c1Cl. The molecule has 0 aliphatic heterocycles. The van der Waals surface area contributed by atoms with Gasteiger partial charge in [0.25, 0.3) is 5.91 Å². The molecule has 9 heteroatoms. The van der Waals surface area contributed by atoms with Crippen LogP contribution in [0.5, 0.6) is 0 Å². The largest absolute Gasteiger partial charge is 0.449 e. The van der Waals surface area contributed by atoms with Crippen LogP contribution in [0, 0.1) is 13.8 Å². The third-order valence-electron chi connectivity index (χ3n) is 3.95. The number of halogens is 1. The molecule has 150 valence electrons. The summed E-state index contributed by atoms with van der Waals surface area (Å²) in [5.74, 6) is -1.52. The van der Waals surface area contributed by atoms with Gasteiger partial charge in [0, 0.05) is 6.54 Å². The van der Waals surface area contributed by atoms with Gasteiger partial charge in [-0.05, 0) is 33.3 Å². The molecule has 0 bridgehead atoms. The Morgan fingerprint density at radius 3 is 2.46 bits per heavy atom. The Kier molecular flexibility index (Phi) is 7.17. The number of rotatable bonds is 6. The quantitative estimate of drug-likeness (QED) is 0.718. The molecule has 0 spiro atoms. The molecule has 3 amide bonds. The van der Waals surface area contributed by atoms with Gasteiger partial charge in [0.05, 0.1) is 12.2 Å². The molecular formula is C19H23ClN4O4. The second-order valence-corrected chi connectivity index (χ2v) is 6.65. The molecule has 1 atom stereocenters. The van der Waals surface area contributed by atoms with Gasteiger partial charge in [-0.1, -0.05) is 41.4 Å². The van der Waals surface area contributed by atoms with Gasteiger partial charge in [-0.25, -0.2) is 14.3 Å². The number of urea groups is 1. The highest BCUT2D eigenvalue weighted by Crippen LogP contribution is 2.22. The summed E-state index contributed by atoms with van der Waals surface area (Å²) in [4.78, 5) is 35.8. The van der Waals surface area contributed by atoms with Crippen LogP contribution in [0.4, 0.5) is 4.79 Å². The van der Waals surface area contributed by atoms with E-state index >= 15 is 0 Å². The Morgan fingerprint density at radius 2 is 1.86 bits per heavy atom. The van der Waals surface area contributed by atoms with Gasteiger partial charge in [0.15, 0.2) is 6.10 Å². The summed E-state index contributed by atoms with van der Waals surface area (Å²) in [5.41, 5.74) is 2.59. The lowest BCUT2D eigenvalue weighted by Crippen LogP contribution is -2.44. The van der Waals surface area contributed by atoms with Crippen molar-refractivity contribution in [3.05, 3.63) is 51.8 Å². The van der Waals surface area contributed by atoms with E-state index in [0.29, 0.717) is 18.8 Å². The standard InChI is InChI=1S/C19H23ClN4O4/c1-5-21-19(27)22-17(25)13(4)28-18(26)15-12(3)23-24(16(15)20)10-14-8-6-11(2)7-9-14/h6-9,13H,5,10H2,1-4H3,(H2,21,22,25,27). The van der Waals surface area contributed by atoms with Crippen LogP contribution in [0.25, 0.3) is 0 Å². The van der Waals surface area contributed by atoms with Gasteiger partial charge in [-0.2, -0.15) is 5.10 Å². The summed E-state index contributed by atoms with van der Waals surface area (Å²) in [7, 11) is 0. The fraction of sp³-hybridized carbons (Fsp3) is 0.368. The summed E-state index contributed by atoms with van der Waals surface area (Å²) in [6.45, 7) is 7.46. The molecule has 1 heterocycles. The van der Waals surface area contributed by atoms with Crippen molar-refractivity contribution in [2.45, 2.75) is 40.3 Å². The average Bonchev–Trinajstić information content (AvgIpc) is 2.90. The van der Waals surface area contributed by atoms with Crippen molar-refractivity contribution in [3.63, 3.8) is 0 Å². The lowest BCUT2D eigenvalue weighted by Gasteiger charge is -2.13. The first-order chi connectivity index (χ1) is 13.2. The zero-order valence-electron chi connectivity index (χ0n) is 16.2. The minimum Gasteiger partial charge on any atom is -0.449 e. The zero-order valence-corrected chi connectivity index (χ0v) is 17.0. The minimum atomic E-state index is -1.17. The Labute approximate surface area is 168 Å². The molecule has 0 saturated heterocycles. The molecule has 0 saturated carbocycles. The normalized spacial score (nSPS) is 11.6. The monoisotopic (exact) mass is 406 g/mol. The number of aromatic nitrogens is 2. The maximum absolute atomic E-state index is 12.5. The van der Waals surface area contributed by atoms with E-state index in [2.05, 4.69) is 15.7 Å². The van der Waals surface area contributed by atoms with Crippen molar-refractivity contribution in [2.75, 3.05) is 6.54 Å². The summed E-state index contributed by atoms with van der Waals surface area (Å²) in [6, 6.07) is 7.20. The number of ether oxygens (including phenoxy) is 1. The highest BCUT2D eigenvalue weighted by molar-refractivity contribution is 6.32. The maximum atomic E-state index is 12.5. The Bertz CT molecular complexity index is 877. The van der Waals surface area contributed by atoms with Crippen molar-refractivity contribution in [1.29, 1.82) is 0 Å². The summed E-state index contributed by atoms with van der Waals surface area (Å²) in [6.07, 6.45) is -1.17. The van der Waals surface area contributed by atoms with E-state index in [-0.39, 0.29) is 10.7 Å². The van der Waals surface area contributed by atoms with Gasteiger partial charge >= 0.3 is 12.0 Å². The fourth-order valence-electron chi connectivity index (χ4n) is 2.45. The predicted molar refractivity (Wildman–Crippen MR) is 104 cm³/mol. The molecule has 0 aliphatic rings. The Morgan fingerprint density at radius 1 is 1.21 bits per heavy atom. The predicted octanol–water partition coefficient (Wildman–Crippen LogP) is 2.59. The van der Waals surface area contributed by atoms with Crippen molar-refractivity contribution in [1.82, 2.24) is 20.4 Å². The number of carbonyl (C=O) groups excluding carboxylic acids is 3. The van der Waals surface area contributed by atoms with Crippen molar-refractivity contribution in [2.24, 2.45) is 0 Å². The van der Waals surface area contributed by atoms with E-state index in [4.69, 9.17) is 16.3 Å². The van der Waals surface area contributed by atoms with Crippen LogP contribution >= 0.6 is 11.6 Å². The van der Waals surface area contributed by atoms with Gasteiger partial charge < -0.3 is 10.1 Å². The highest BCUT2D eigenvalue weighted by Gasteiger charge is 2.26. The summed E-state index contributed by atoms with van der Waals surface area (Å²) >= 11 is 6.33. The highest BCUT2D eigenvalue weighted by atomic mass is 35.5. The second kappa shape index (κ2) is 9.36. The maximum Gasteiger partial charge on any atom is 0.343 e. The molecule has 8 nitrogen and oxygen atoms in total. The molecule has 2 aromatic rings. The van der Waals surface area contributed by atoms with Gasteiger partial charge in [-0.3, -0.25) is 10.1 Å². The number of benzene rings is 1. The third kappa shape index (κ3) is 5.32. The van der Waals surface area contributed by atoms with E-state index in [0.717, 1.165) is 11.1 Å². The number of carbonyl (C=O) groups is 3. The van der Waals surface area contributed by atoms with Crippen molar-refractivity contribution in [3.8, 4) is 0 Å². The number of hydrogen-bond acceptors (Lipinski definition) is 5. The smallest absolute Gasteiger partial charge is 0.343 e. The first kappa shape index (κ1) is 21.4. The molecule has 2 rings (SSSR count). The van der Waals surface area contributed by atoms with E-state index in [9.17, 15) is 14.4 Å². The lowest BCUT2D eigenvalue weighted by molar-refractivity contribution is -0.127. The zero-order chi connectivity index (χ0) is 20.8. The van der Waals surface area contributed by atoms with E-state index < -0.39 is 24.0 Å². The van der Waals surface area contributed by atoms with Gasteiger partial charge in [-0.15, -0.1) is 0 Å². The topological polar surface area (TPSA) is 102 Å². The number of nitrogens with zero attached hydrogens (tertiary/aromatic N) is 2. The van der Waals surface area contributed by atoms with Gasteiger partial charge in [0.1, 0.15) is 10.7 Å². The molecule has 1 unspecified atom stereocenters. The Hall–Kier alpha value is -2.87. The molecule has 0 fully saturated rings. The van der Waals surface area contributed by atoms with Gasteiger partial charge in [0.2, 0.25) is 0 Å². The molecule has 28 heavy (non-hydrogen) atoms. The van der Waals surface area contributed by atoms with E-state index in [1.165, 1.54) is 11.6 Å². The van der Waals surface area contributed by atoms with Crippen molar-refractivity contribution < 1.29 is 19.1 Å². The van der Waals surface area contributed by atoms with Crippen LogP contribution in [0.3, 0.4) is 0 Å². The number of hydrogen-bond donors (Lipinski definition) is 2. The van der Waals surface area contributed by atoms with E-state index in [1.54, 1.807) is 13.8 Å². The van der Waals surface area contributed by atoms with Crippen LogP contribution in [0.1, 0.15) is 41.0 Å². The van der Waals surface area contributed by atoms with Crippen LogP contribution in [0.15, 0.2) is 24.3 Å². The lowest BCUT2D eigenvalue weighted by atomic mass is 10.1. The first-order valence-corrected chi connectivity index (χ1v) is 9.18.